The van der Waals surface area contributed by atoms with Crippen molar-refractivity contribution < 1.29 is 18.8 Å². The zero-order valence-corrected chi connectivity index (χ0v) is 22.4. The Morgan fingerprint density at radius 2 is 1.84 bits per heavy atom. The highest BCUT2D eigenvalue weighted by Gasteiger charge is 2.31. The summed E-state index contributed by atoms with van der Waals surface area (Å²) in [6.07, 6.45) is 4.35. The van der Waals surface area contributed by atoms with E-state index < -0.39 is 0 Å². The smallest absolute Gasteiger partial charge is 0.266 e. The summed E-state index contributed by atoms with van der Waals surface area (Å²) in [5, 5.41) is 0.381. The lowest BCUT2D eigenvalue weighted by Gasteiger charge is -2.14. The lowest BCUT2D eigenvalue weighted by Crippen LogP contribution is -2.42. The van der Waals surface area contributed by atoms with E-state index >= 15 is 0 Å². The Bertz CT molecular complexity index is 1350. The van der Waals surface area contributed by atoms with Gasteiger partial charge < -0.3 is 4.42 Å². The van der Waals surface area contributed by atoms with E-state index in [-0.39, 0.29) is 29.9 Å². The minimum Gasteiger partial charge on any atom is -0.431 e. The van der Waals surface area contributed by atoms with Gasteiger partial charge in [-0.15, -0.1) is 0 Å². The number of amides is 3. The monoisotopic (exact) mass is 552 g/mol. The Morgan fingerprint density at radius 1 is 1.11 bits per heavy atom. The molecule has 0 radical (unpaired) electrons. The van der Waals surface area contributed by atoms with Gasteiger partial charge in [0.25, 0.3) is 11.1 Å². The Hall–Kier alpha value is -3.41. The first kappa shape index (κ1) is 26.6. The Kier molecular flexibility index (Phi) is 9.15. The van der Waals surface area contributed by atoms with Gasteiger partial charge in [-0.3, -0.25) is 30.1 Å². The molecule has 0 spiro atoms. The first-order valence-corrected chi connectivity index (χ1v) is 13.6. The van der Waals surface area contributed by atoms with E-state index in [1.54, 1.807) is 6.07 Å². The summed E-state index contributed by atoms with van der Waals surface area (Å²) in [7, 11) is 0. The number of carbonyl (C=O) groups excluding carboxylic acids is 3. The van der Waals surface area contributed by atoms with Gasteiger partial charge in [0.1, 0.15) is 9.84 Å². The average molecular weight is 553 g/mol. The molecule has 1 aliphatic heterocycles. The summed E-state index contributed by atoms with van der Waals surface area (Å²) >= 11 is 7.76. The number of hydrogen-bond acceptors (Lipinski definition) is 8. The number of aromatic nitrogens is 1. The van der Waals surface area contributed by atoms with Crippen molar-refractivity contribution in [1.29, 1.82) is 0 Å². The van der Waals surface area contributed by atoms with Crippen LogP contribution in [0.5, 0.6) is 0 Å². The molecule has 2 N–H and O–H groups in total. The van der Waals surface area contributed by atoms with E-state index in [0.29, 0.717) is 33.0 Å². The molecular weight excluding hydrogens is 529 g/mol. The highest BCUT2D eigenvalue weighted by atomic mass is 32.2. The molecule has 3 aromatic rings. The predicted octanol–water partition coefficient (Wildman–Crippen LogP) is 4.70. The van der Waals surface area contributed by atoms with Gasteiger partial charge >= 0.3 is 0 Å². The van der Waals surface area contributed by atoms with E-state index in [4.69, 9.17) is 16.6 Å². The van der Waals surface area contributed by atoms with E-state index in [0.717, 1.165) is 28.4 Å². The third-order valence-corrected chi connectivity index (χ3v) is 7.36. The molecule has 11 heteroatoms. The number of nitrogens with zero attached hydrogens (tertiary/aromatic N) is 2. The molecule has 190 valence electrons. The zero-order valence-electron chi connectivity index (χ0n) is 19.9. The van der Waals surface area contributed by atoms with E-state index in [9.17, 15) is 14.4 Å². The number of rotatable bonds is 9. The molecule has 0 saturated carbocycles. The van der Waals surface area contributed by atoms with Crippen LogP contribution in [0.15, 0.2) is 80.8 Å². The molecule has 0 atom stereocenters. The average Bonchev–Trinajstić information content (AvgIpc) is 3.42. The van der Waals surface area contributed by atoms with Gasteiger partial charge in [0.05, 0.1) is 10.7 Å². The van der Waals surface area contributed by atoms with Crippen molar-refractivity contribution in [3.8, 4) is 0 Å². The Morgan fingerprint density at radius 3 is 2.62 bits per heavy atom. The summed E-state index contributed by atoms with van der Waals surface area (Å²) in [6.45, 7) is 2.25. The second-order valence-corrected chi connectivity index (χ2v) is 10.7. The molecule has 4 rings (SSSR count). The highest BCUT2D eigenvalue weighted by molar-refractivity contribution is 8.26. The quantitative estimate of drug-likeness (QED) is 0.170. The molecule has 0 aliphatic carbocycles. The molecule has 2 aromatic carbocycles. The summed E-state index contributed by atoms with van der Waals surface area (Å²) < 4.78 is 6.02. The zero-order chi connectivity index (χ0) is 26.2. The van der Waals surface area contributed by atoms with Crippen molar-refractivity contribution in [2.24, 2.45) is 0 Å². The number of nitrogens with one attached hydrogen (secondary N) is 2. The van der Waals surface area contributed by atoms with Gasteiger partial charge in [0.15, 0.2) is 5.58 Å². The minimum atomic E-state index is -0.387. The third kappa shape index (κ3) is 7.54. The van der Waals surface area contributed by atoms with Gasteiger partial charge in [-0.2, -0.15) is 0 Å². The van der Waals surface area contributed by atoms with Crippen molar-refractivity contribution in [2.75, 3.05) is 12.3 Å². The molecule has 1 aliphatic rings. The number of thioether (sulfide) groups is 2. The Labute approximate surface area is 227 Å². The van der Waals surface area contributed by atoms with Crippen LogP contribution in [-0.4, -0.2) is 44.2 Å². The van der Waals surface area contributed by atoms with Crippen molar-refractivity contribution in [3.05, 3.63) is 76.7 Å². The number of carbonyl (C=O) groups is 3. The van der Waals surface area contributed by atoms with Crippen LogP contribution in [0.2, 0.25) is 0 Å². The molecule has 3 amide bonds. The number of hydrogen-bond donors (Lipinski definition) is 2. The number of thiocarbonyl (C=S) groups is 1. The fourth-order valence-electron chi connectivity index (χ4n) is 3.43. The van der Waals surface area contributed by atoms with Gasteiger partial charge in [0, 0.05) is 13.0 Å². The van der Waals surface area contributed by atoms with Crippen molar-refractivity contribution in [3.63, 3.8) is 0 Å². The molecule has 2 heterocycles. The molecule has 1 fully saturated rings. The first-order valence-electron chi connectivity index (χ1n) is 11.4. The fourth-order valence-corrected chi connectivity index (χ4v) is 5.43. The predicted molar refractivity (Wildman–Crippen MR) is 150 cm³/mol. The number of hydrazine groups is 1. The van der Waals surface area contributed by atoms with Crippen LogP contribution in [0.1, 0.15) is 25.3 Å². The minimum absolute atomic E-state index is 0.0358. The lowest BCUT2D eigenvalue weighted by molar-refractivity contribution is -0.128. The van der Waals surface area contributed by atoms with Crippen LogP contribution in [0, 0.1) is 0 Å². The van der Waals surface area contributed by atoms with Crippen LogP contribution >= 0.6 is 35.7 Å². The molecule has 1 aromatic heterocycles. The van der Waals surface area contributed by atoms with Gasteiger partial charge in [-0.25, -0.2) is 4.98 Å². The van der Waals surface area contributed by atoms with Gasteiger partial charge in [0.2, 0.25) is 11.8 Å². The maximum absolute atomic E-state index is 12.8. The van der Waals surface area contributed by atoms with Crippen LogP contribution in [0.4, 0.5) is 0 Å². The van der Waals surface area contributed by atoms with E-state index in [1.165, 1.54) is 16.7 Å². The van der Waals surface area contributed by atoms with Crippen LogP contribution in [0.3, 0.4) is 0 Å². The molecule has 1 saturated heterocycles. The highest BCUT2D eigenvalue weighted by Crippen LogP contribution is 2.32. The Balaban J connectivity index is 1.17. The second-order valence-electron chi connectivity index (χ2n) is 8.07. The number of benzene rings is 2. The fraction of sp³-hybridized carbons (Fsp3) is 0.192. The summed E-state index contributed by atoms with van der Waals surface area (Å²) in [6, 6.07) is 17.2. The largest absolute Gasteiger partial charge is 0.431 e. The maximum atomic E-state index is 12.8. The molecule has 8 nitrogen and oxygen atoms in total. The van der Waals surface area contributed by atoms with Gasteiger partial charge in [-0.1, -0.05) is 84.3 Å². The first-order chi connectivity index (χ1) is 17.9. The maximum Gasteiger partial charge on any atom is 0.266 e. The normalized spacial score (nSPS) is 15.0. The molecule has 37 heavy (non-hydrogen) atoms. The third-order valence-electron chi connectivity index (χ3n) is 5.15. The molecular formula is C26H24N4O4S3. The van der Waals surface area contributed by atoms with Crippen molar-refractivity contribution >= 4 is 75.0 Å². The number of allylic oxidation sites excluding steroid dienone is 2. The van der Waals surface area contributed by atoms with Crippen LogP contribution in [-0.2, 0) is 14.4 Å². The van der Waals surface area contributed by atoms with Gasteiger partial charge in [-0.05, 0) is 42.7 Å². The van der Waals surface area contributed by atoms with Crippen LogP contribution < -0.4 is 10.9 Å². The number of fused-ring (bicyclic) bond motifs is 1. The second kappa shape index (κ2) is 12.7. The summed E-state index contributed by atoms with van der Waals surface area (Å²) in [5.74, 6) is -0.876. The number of oxazole rings is 1. The lowest BCUT2D eigenvalue weighted by atomic mass is 10.1. The topological polar surface area (TPSA) is 105 Å². The SMILES string of the molecule is CC(=Cc1ccccc1)C=C1SC(=S)N(CCCC(=O)NNC(=O)CSc2nc3ccccc3o2)C1=O. The van der Waals surface area contributed by atoms with E-state index in [1.807, 2.05) is 67.6 Å². The standard InChI is InChI=1S/C26H24N4O4S3/c1-17(14-18-8-3-2-4-9-18)15-21-24(33)30(26(35)37-21)13-7-12-22(31)28-29-23(32)16-36-25-27-19-10-5-6-11-20(19)34-25/h2-6,8-11,14-15H,7,12-13,16H2,1H3,(H,28,31)(H,29,32). The van der Waals surface area contributed by atoms with Crippen molar-refractivity contribution in [1.82, 2.24) is 20.7 Å². The summed E-state index contributed by atoms with van der Waals surface area (Å²) in [5.41, 5.74) is 8.12. The van der Waals surface area contributed by atoms with Crippen LogP contribution in [0.25, 0.3) is 17.2 Å². The molecule has 0 unspecified atom stereocenters. The van der Waals surface area contributed by atoms with E-state index in [2.05, 4.69) is 15.8 Å². The van der Waals surface area contributed by atoms with Crippen molar-refractivity contribution in [2.45, 2.75) is 25.0 Å². The number of para-hydroxylation sites is 2. The molecule has 0 bridgehead atoms. The summed E-state index contributed by atoms with van der Waals surface area (Å²) in [4.78, 5) is 43.3.